The maximum Gasteiger partial charge on any atom is 0.410 e. The van der Waals surface area contributed by atoms with Crippen LogP contribution in [0.1, 0.15) is 18.4 Å². The largest absolute Gasteiger partial charge is 0.445 e. The molecule has 1 spiro atoms. The van der Waals surface area contributed by atoms with Crippen LogP contribution >= 0.6 is 0 Å². The SMILES string of the molecule is O=C(OCc1ccccc1)N1CC2(CCC(F)CO2)C1. The minimum Gasteiger partial charge on any atom is -0.445 e. The van der Waals surface area contributed by atoms with E-state index in [1.54, 1.807) is 4.90 Å². The van der Waals surface area contributed by atoms with Gasteiger partial charge in [0.15, 0.2) is 0 Å². The number of nitrogens with zero attached hydrogens (tertiary/aromatic N) is 1. The van der Waals surface area contributed by atoms with E-state index in [4.69, 9.17) is 9.47 Å². The predicted octanol–water partition coefficient (Wildman–Crippen LogP) is 2.53. The van der Waals surface area contributed by atoms with Gasteiger partial charge in [0.25, 0.3) is 0 Å². The smallest absolute Gasteiger partial charge is 0.410 e. The zero-order valence-electron chi connectivity index (χ0n) is 11.3. The molecule has 0 N–H and O–H groups in total. The van der Waals surface area contributed by atoms with Crippen molar-refractivity contribution < 1.29 is 18.7 Å². The number of likely N-dealkylation sites (tertiary alicyclic amines) is 1. The number of alkyl halides is 1. The van der Waals surface area contributed by atoms with Crippen LogP contribution in [0.4, 0.5) is 9.18 Å². The number of benzene rings is 1. The standard InChI is InChI=1S/C15H18FNO3/c16-13-6-7-15(20-9-13)10-17(11-15)14(18)19-8-12-4-2-1-3-5-12/h1-5,13H,6-11H2. The van der Waals surface area contributed by atoms with E-state index in [-0.39, 0.29) is 24.9 Å². The fraction of sp³-hybridized carbons (Fsp3) is 0.533. The van der Waals surface area contributed by atoms with Crippen molar-refractivity contribution in [3.05, 3.63) is 35.9 Å². The molecule has 0 aromatic heterocycles. The van der Waals surface area contributed by atoms with Crippen molar-refractivity contribution in [3.63, 3.8) is 0 Å². The summed E-state index contributed by atoms with van der Waals surface area (Å²) in [5.74, 6) is 0. The molecule has 2 aliphatic rings. The van der Waals surface area contributed by atoms with Crippen LogP contribution in [0.15, 0.2) is 30.3 Å². The molecule has 2 saturated heterocycles. The lowest BCUT2D eigenvalue weighted by molar-refractivity contribution is -0.173. The molecule has 1 unspecified atom stereocenters. The molecule has 1 amide bonds. The highest BCUT2D eigenvalue weighted by Crippen LogP contribution is 2.35. The van der Waals surface area contributed by atoms with Crippen LogP contribution in [0, 0.1) is 0 Å². The second-order valence-corrected chi connectivity index (χ2v) is 5.53. The molecule has 2 heterocycles. The third-order valence-electron chi connectivity index (χ3n) is 3.90. The fourth-order valence-electron chi connectivity index (χ4n) is 2.68. The summed E-state index contributed by atoms with van der Waals surface area (Å²) < 4.78 is 23.8. The molecule has 0 bridgehead atoms. The normalized spacial score (nSPS) is 24.2. The third-order valence-corrected chi connectivity index (χ3v) is 3.90. The minimum absolute atomic E-state index is 0.146. The first kappa shape index (κ1) is 13.4. The third kappa shape index (κ3) is 2.77. The number of carbonyl (C=O) groups is 1. The van der Waals surface area contributed by atoms with Crippen LogP contribution in [0.2, 0.25) is 0 Å². The van der Waals surface area contributed by atoms with Gasteiger partial charge in [-0.15, -0.1) is 0 Å². The number of hydrogen-bond acceptors (Lipinski definition) is 3. The van der Waals surface area contributed by atoms with Gasteiger partial charge in [-0.05, 0) is 18.4 Å². The Bertz CT molecular complexity index is 463. The lowest BCUT2D eigenvalue weighted by atomic mass is 9.86. The molecule has 20 heavy (non-hydrogen) atoms. The summed E-state index contributed by atoms with van der Waals surface area (Å²) in [5.41, 5.74) is 0.638. The molecule has 3 rings (SSSR count). The Labute approximate surface area is 117 Å². The van der Waals surface area contributed by atoms with Crippen molar-refractivity contribution >= 4 is 6.09 Å². The average Bonchev–Trinajstić information content (AvgIpc) is 2.45. The second kappa shape index (κ2) is 5.40. The Morgan fingerprint density at radius 1 is 1.40 bits per heavy atom. The summed E-state index contributed by atoms with van der Waals surface area (Å²) in [5, 5.41) is 0. The Morgan fingerprint density at radius 2 is 2.15 bits per heavy atom. The molecule has 1 aromatic rings. The summed E-state index contributed by atoms with van der Waals surface area (Å²) >= 11 is 0. The lowest BCUT2D eigenvalue weighted by Crippen LogP contribution is -2.66. The quantitative estimate of drug-likeness (QED) is 0.835. The zero-order valence-corrected chi connectivity index (χ0v) is 11.3. The molecule has 108 valence electrons. The Balaban J connectivity index is 1.44. The van der Waals surface area contributed by atoms with Crippen LogP contribution in [0.3, 0.4) is 0 Å². The van der Waals surface area contributed by atoms with Crippen molar-refractivity contribution in [2.24, 2.45) is 0 Å². The van der Waals surface area contributed by atoms with Gasteiger partial charge in [0.2, 0.25) is 0 Å². The van der Waals surface area contributed by atoms with E-state index in [2.05, 4.69) is 0 Å². The fourth-order valence-corrected chi connectivity index (χ4v) is 2.68. The first-order valence-corrected chi connectivity index (χ1v) is 6.91. The monoisotopic (exact) mass is 279 g/mol. The summed E-state index contributed by atoms with van der Waals surface area (Å²) in [7, 11) is 0. The number of ether oxygens (including phenoxy) is 2. The summed E-state index contributed by atoms with van der Waals surface area (Å²) in [6.45, 7) is 1.43. The number of rotatable bonds is 2. The van der Waals surface area contributed by atoms with Gasteiger partial charge in [0.05, 0.1) is 19.7 Å². The van der Waals surface area contributed by atoms with Crippen molar-refractivity contribution in [3.8, 4) is 0 Å². The van der Waals surface area contributed by atoms with Gasteiger partial charge in [-0.3, -0.25) is 0 Å². The molecule has 2 aliphatic heterocycles. The van der Waals surface area contributed by atoms with Crippen LogP contribution in [-0.4, -0.2) is 42.5 Å². The first-order valence-electron chi connectivity index (χ1n) is 6.91. The molecule has 0 aliphatic carbocycles. The number of carbonyl (C=O) groups excluding carboxylic acids is 1. The zero-order chi connectivity index (χ0) is 14.0. The number of halogens is 1. The molecule has 2 fully saturated rings. The van der Waals surface area contributed by atoms with Crippen molar-refractivity contribution in [1.29, 1.82) is 0 Å². The Kier molecular flexibility index (Phi) is 3.61. The van der Waals surface area contributed by atoms with Crippen molar-refractivity contribution in [1.82, 2.24) is 4.90 Å². The average molecular weight is 279 g/mol. The van der Waals surface area contributed by atoms with Crippen LogP contribution in [-0.2, 0) is 16.1 Å². The molecular formula is C15H18FNO3. The topological polar surface area (TPSA) is 38.8 Å². The number of hydrogen-bond donors (Lipinski definition) is 0. The van der Waals surface area contributed by atoms with E-state index < -0.39 is 6.17 Å². The van der Waals surface area contributed by atoms with Crippen LogP contribution in [0.25, 0.3) is 0 Å². The van der Waals surface area contributed by atoms with E-state index in [0.717, 1.165) is 5.56 Å². The van der Waals surface area contributed by atoms with Crippen molar-refractivity contribution in [2.45, 2.75) is 31.2 Å². The van der Waals surface area contributed by atoms with Crippen LogP contribution < -0.4 is 0 Å². The first-order chi connectivity index (χ1) is 9.67. The molecule has 5 heteroatoms. The van der Waals surface area contributed by atoms with E-state index >= 15 is 0 Å². The Morgan fingerprint density at radius 3 is 2.80 bits per heavy atom. The van der Waals surface area contributed by atoms with Gasteiger partial charge >= 0.3 is 6.09 Å². The highest BCUT2D eigenvalue weighted by molar-refractivity contribution is 5.69. The molecule has 1 aromatic carbocycles. The van der Waals surface area contributed by atoms with E-state index in [1.165, 1.54) is 0 Å². The maximum absolute atomic E-state index is 13.0. The van der Waals surface area contributed by atoms with E-state index in [0.29, 0.717) is 25.9 Å². The predicted molar refractivity (Wildman–Crippen MR) is 71.0 cm³/mol. The van der Waals surface area contributed by atoms with Gasteiger partial charge < -0.3 is 14.4 Å². The van der Waals surface area contributed by atoms with Gasteiger partial charge in [-0.25, -0.2) is 9.18 Å². The molecular weight excluding hydrogens is 261 g/mol. The molecule has 0 radical (unpaired) electrons. The maximum atomic E-state index is 13.0. The molecule has 0 saturated carbocycles. The van der Waals surface area contributed by atoms with Crippen molar-refractivity contribution in [2.75, 3.05) is 19.7 Å². The van der Waals surface area contributed by atoms with E-state index in [1.807, 2.05) is 30.3 Å². The minimum atomic E-state index is -0.861. The Hall–Kier alpha value is -1.62. The second-order valence-electron chi connectivity index (χ2n) is 5.53. The number of amides is 1. The summed E-state index contributed by atoms with van der Waals surface area (Å²) in [6.07, 6.45) is 0.00828. The van der Waals surface area contributed by atoms with E-state index in [9.17, 15) is 9.18 Å². The van der Waals surface area contributed by atoms with Gasteiger partial charge in [-0.1, -0.05) is 30.3 Å². The molecule has 4 nitrogen and oxygen atoms in total. The summed E-state index contributed by atoms with van der Waals surface area (Å²) in [6, 6.07) is 9.56. The van der Waals surface area contributed by atoms with Gasteiger partial charge in [0.1, 0.15) is 18.4 Å². The van der Waals surface area contributed by atoms with Crippen LogP contribution in [0.5, 0.6) is 0 Å². The molecule has 1 atom stereocenters. The summed E-state index contributed by atoms with van der Waals surface area (Å²) in [4.78, 5) is 13.5. The van der Waals surface area contributed by atoms with Gasteiger partial charge in [0, 0.05) is 0 Å². The highest BCUT2D eigenvalue weighted by atomic mass is 19.1. The highest BCUT2D eigenvalue weighted by Gasteiger charge is 2.49. The van der Waals surface area contributed by atoms with Gasteiger partial charge in [-0.2, -0.15) is 0 Å². The lowest BCUT2D eigenvalue weighted by Gasteiger charge is -2.51.